The van der Waals surface area contributed by atoms with E-state index in [4.69, 9.17) is 4.74 Å². The van der Waals surface area contributed by atoms with E-state index in [0.717, 1.165) is 17.5 Å². The summed E-state index contributed by atoms with van der Waals surface area (Å²) >= 11 is 0. The molecule has 174 valence electrons. The van der Waals surface area contributed by atoms with Crippen LogP contribution in [0.25, 0.3) is 17.0 Å². The van der Waals surface area contributed by atoms with Gasteiger partial charge in [-0.15, -0.1) is 0 Å². The third-order valence-electron chi connectivity index (χ3n) is 5.21. The quantitative estimate of drug-likeness (QED) is 0.388. The van der Waals surface area contributed by atoms with E-state index < -0.39 is 23.1 Å². The van der Waals surface area contributed by atoms with Crippen molar-refractivity contribution in [2.45, 2.75) is 12.1 Å². The predicted molar refractivity (Wildman–Crippen MR) is 121 cm³/mol. The van der Waals surface area contributed by atoms with Gasteiger partial charge in [-0.25, -0.2) is 23.4 Å². The summed E-state index contributed by atoms with van der Waals surface area (Å²) < 4.78 is 34.5. The van der Waals surface area contributed by atoms with E-state index in [1.165, 1.54) is 29.5 Å². The van der Waals surface area contributed by atoms with Crippen molar-refractivity contribution in [2.24, 2.45) is 0 Å². The topological polar surface area (TPSA) is 102 Å². The molecule has 0 fully saturated rings. The van der Waals surface area contributed by atoms with Gasteiger partial charge in [0.2, 0.25) is 5.91 Å². The first-order valence-electron chi connectivity index (χ1n) is 10.3. The van der Waals surface area contributed by atoms with Crippen LogP contribution in [0.5, 0.6) is 5.75 Å². The zero-order valence-electron chi connectivity index (χ0n) is 18.2. The first-order valence-corrected chi connectivity index (χ1v) is 10.3. The minimum atomic E-state index is -1.91. The Bertz CT molecular complexity index is 1340. The number of para-hydroxylation sites is 1. The number of hydrogen-bond acceptors (Lipinski definition) is 6. The van der Waals surface area contributed by atoms with Crippen molar-refractivity contribution in [3.63, 3.8) is 0 Å². The number of pyridine rings is 1. The SMILES string of the molecule is COc1cccc2ccc(/C=C/C(=O)NCC(O)(Cn3cncn3)c3ccc(F)cc3F)nc12. The van der Waals surface area contributed by atoms with Gasteiger partial charge in [-0.1, -0.05) is 24.3 Å². The molecule has 34 heavy (non-hydrogen) atoms. The van der Waals surface area contributed by atoms with Gasteiger partial charge in [0.25, 0.3) is 0 Å². The fourth-order valence-corrected chi connectivity index (χ4v) is 3.53. The van der Waals surface area contributed by atoms with E-state index in [1.54, 1.807) is 19.2 Å². The summed E-state index contributed by atoms with van der Waals surface area (Å²) in [7, 11) is 1.55. The number of nitrogens with zero attached hydrogens (tertiary/aromatic N) is 4. The molecule has 0 saturated carbocycles. The highest BCUT2D eigenvalue weighted by molar-refractivity contribution is 5.92. The average molecular weight is 465 g/mol. The molecule has 2 heterocycles. The van der Waals surface area contributed by atoms with Crippen molar-refractivity contribution in [2.75, 3.05) is 13.7 Å². The Morgan fingerprint density at radius 3 is 2.82 bits per heavy atom. The van der Waals surface area contributed by atoms with E-state index >= 15 is 0 Å². The molecule has 0 saturated heterocycles. The first-order chi connectivity index (χ1) is 16.4. The molecule has 0 spiro atoms. The van der Waals surface area contributed by atoms with Crippen molar-refractivity contribution in [1.82, 2.24) is 25.1 Å². The van der Waals surface area contributed by atoms with Gasteiger partial charge in [-0.05, 0) is 24.3 Å². The van der Waals surface area contributed by atoms with Gasteiger partial charge in [0.05, 0.1) is 25.9 Å². The molecule has 2 aromatic heterocycles. The lowest BCUT2D eigenvalue weighted by Crippen LogP contribution is -2.44. The van der Waals surface area contributed by atoms with E-state index in [1.807, 2.05) is 18.2 Å². The first kappa shape index (κ1) is 23.0. The number of halogens is 2. The Kier molecular flexibility index (Phi) is 6.60. The molecule has 4 rings (SSSR count). The van der Waals surface area contributed by atoms with Gasteiger partial charge >= 0.3 is 0 Å². The lowest BCUT2D eigenvalue weighted by Gasteiger charge is -2.29. The maximum Gasteiger partial charge on any atom is 0.244 e. The summed E-state index contributed by atoms with van der Waals surface area (Å²) in [6, 6.07) is 12.0. The fourth-order valence-electron chi connectivity index (χ4n) is 3.53. The van der Waals surface area contributed by atoms with E-state index in [-0.39, 0.29) is 18.7 Å². The number of methoxy groups -OCH3 is 1. The van der Waals surface area contributed by atoms with Crippen molar-refractivity contribution < 1.29 is 23.4 Å². The van der Waals surface area contributed by atoms with Crippen LogP contribution in [0.1, 0.15) is 11.3 Å². The van der Waals surface area contributed by atoms with Crippen LogP contribution in [0, 0.1) is 11.6 Å². The molecule has 1 atom stereocenters. The molecule has 8 nitrogen and oxygen atoms in total. The van der Waals surface area contributed by atoms with E-state index in [9.17, 15) is 18.7 Å². The third-order valence-corrected chi connectivity index (χ3v) is 5.21. The summed E-state index contributed by atoms with van der Waals surface area (Å²) in [5, 5.41) is 18.6. The van der Waals surface area contributed by atoms with E-state index in [2.05, 4.69) is 20.4 Å². The number of carbonyl (C=O) groups excluding carboxylic acids is 1. The molecule has 2 aromatic carbocycles. The van der Waals surface area contributed by atoms with Gasteiger partial charge in [0, 0.05) is 23.1 Å². The monoisotopic (exact) mass is 465 g/mol. The van der Waals surface area contributed by atoms with Crippen LogP contribution in [0.4, 0.5) is 8.78 Å². The van der Waals surface area contributed by atoms with Crippen LogP contribution >= 0.6 is 0 Å². The molecule has 0 radical (unpaired) electrons. The second-order valence-corrected chi connectivity index (χ2v) is 7.57. The predicted octanol–water partition coefficient (Wildman–Crippen LogP) is 2.83. The summed E-state index contributed by atoms with van der Waals surface area (Å²) in [4.78, 5) is 20.8. The number of aromatic nitrogens is 4. The molecule has 1 unspecified atom stereocenters. The number of hydrogen-bond donors (Lipinski definition) is 2. The van der Waals surface area contributed by atoms with Crippen molar-refractivity contribution in [3.05, 3.63) is 90.2 Å². The molecular weight excluding hydrogens is 444 g/mol. The summed E-state index contributed by atoms with van der Waals surface area (Å²) in [5.74, 6) is -1.66. The highest BCUT2D eigenvalue weighted by Gasteiger charge is 2.34. The minimum Gasteiger partial charge on any atom is -0.494 e. The smallest absolute Gasteiger partial charge is 0.244 e. The maximum atomic E-state index is 14.5. The van der Waals surface area contributed by atoms with Gasteiger partial charge in [0.15, 0.2) is 0 Å². The van der Waals surface area contributed by atoms with Gasteiger partial charge in [-0.3, -0.25) is 4.79 Å². The van der Waals surface area contributed by atoms with Crippen LogP contribution in [0.15, 0.2) is 67.3 Å². The molecule has 0 aliphatic carbocycles. The van der Waals surface area contributed by atoms with Crippen LogP contribution in [0.3, 0.4) is 0 Å². The number of fused-ring (bicyclic) bond motifs is 1. The Hall–Kier alpha value is -4.18. The molecule has 1 amide bonds. The van der Waals surface area contributed by atoms with Gasteiger partial charge in [-0.2, -0.15) is 5.10 Å². The Morgan fingerprint density at radius 2 is 2.09 bits per heavy atom. The number of ether oxygens (including phenoxy) is 1. The third kappa shape index (κ3) is 5.07. The minimum absolute atomic E-state index is 0.183. The lowest BCUT2D eigenvalue weighted by atomic mass is 9.92. The normalized spacial score (nSPS) is 13.2. The number of amides is 1. The standard InChI is InChI=1S/C24H21F2N5O3/c1-34-21-4-2-3-16-5-7-18(30-23(16)21)8-10-22(32)28-12-24(33,13-31-15-27-14-29-31)19-9-6-17(25)11-20(19)26/h2-11,14-15,33H,12-13H2,1H3,(H,28,32)/b10-8+. The Balaban J connectivity index is 1.51. The molecule has 0 aliphatic heterocycles. The van der Waals surface area contributed by atoms with Gasteiger partial charge < -0.3 is 15.2 Å². The fraction of sp³-hybridized carbons (Fsp3) is 0.167. The largest absolute Gasteiger partial charge is 0.494 e. The summed E-state index contributed by atoms with van der Waals surface area (Å²) in [5.41, 5.74) is -0.920. The number of nitrogens with one attached hydrogen (secondary N) is 1. The van der Waals surface area contributed by atoms with E-state index in [0.29, 0.717) is 23.0 Å². The van der Waals surface area contributed by atoms with Crippen molar-refractivity contribution >= 4 is 22.9 Å². The Labute approximate surface area is 193 Å². The number of aliphatic hydroxyl groups is 1. The van der Waals surface area contributed by atoms with Crippen molar-refractivity contribution in [3.8, 4) is 5.75 Å². The summed E-state index contributed by atoms with van der Waals surface area (Å²) in [6.07, 6.45) is 5.36. The summed E-state index contributed by atoms with van der Waals surface area (Å²) in [6.45, 7) is -0.580. The van der Waals surface area contributed by atoms with Gasteiger partial charge in [0.1, 0.15) is 41.2 Å². The Morgan fingerprint density at radius 1 is 1.24 bits per heavy atom. The lowest BCUT2D eigenvalue weighted by molar-refractivity contribution is -0.118. The van der Waals surface area contributed by atoms with Crippen LogP contribution in [-0.4, -0.2) is 44.4 Å². The zero-order valence-corrected chi connectivity index (χ0v) is 18.2. The second-order valence-electron chi connectivity index (χ2n) is 7.57. The molecule has 10 heteroatoms. The average Bonchev–Trinajstić information content (AvgIpc) is 3.33. The molecule has 2 N–H and O–H groups in total. The highest BCUT2D eigenvalue weighted by Crippen LogP contribution is 2.26. The zero-order chi connectivity index (χ0) is 24.1. The highest BCUT2D eigenvalue weighted by atomic mass is 19.1. The maximum absolute atomic E-state index is 14.5. The molecule has 4 aromatic rings. The van der Waals surface area contributed by atoms with Crippen LogP contribution < -0.4 is 10.1 Å². The van der Waals surface area contributed by atoms with Crippen LogP contribution in [-0.2, 0) is 16.9 Å². The number of carbonyl (C=O) groups is 1. The molecular formula is C24H21F2N5O3. The number of benzene rings is 2. The van der Waals surface area contributed by atoms with Crippen molar-refractivity contribution in [1.29, 1.82) is 0 Å². The second kappa shape index (κ2) is 9.75. The van der Waals surface area contributed by atoms with Crippen LogP contribution in [0.2, 0.25) is 0 Å². The molecule has 0 aliphatic rings. The molecule has 0 bridgehead atoms. The number of rotatable bonds is 8.